The first-order valence-electron chi connectivity index (χ1n) is 5.86. The Morgan fingerprint density at radius 2 is 2.33 bits per heavy atom. The lowest BCUT2D eigenvalue weighted by Gasteiger charge is -2.32. The molecule has 1 aromatic heterocycles. The molecule has 1 aromatic rings. The van der Waals surface area contributed by atoms with E-state index in [1.165, 1.54) is 6.20 Å². The van der Waals surface area contributed by atoms with E-state index in [2.05, 4.69) is 15.6 Å². The van der Waals surface area contributed by atoms with Crippen LogP contribution in [0.4, 0.5) is 5.82 Å². The number of piperazine rings is 1. The van der Waals surface area contributed by atoms with E-state index in [1.54, 1.807) is 31.0 Å². The van der Waals surface area contributed by atoms with Crippen LogP contribution >= 0.6 is 0 Å². The van der Waals surface area contributed by atoms with Crippen LogP contribution in [0, 0.1) is 0 Å². The number of carbonyl (C=O) groups excluding carboxylic acids is 2. The summed E-state index contributed by atoms with van der Waals surface area (Å²) in [4.78, 5) is 29.4. The van der Waals surface area contributed by atoms with Crippen LogP contribution in [-0.2, 0) is 4.79 Å². The van der Waals surface area contributed by atoms with Gasteiger partial charge in [0.25, 0.3) is 5.91 Å². The molecule has 2 amide bonds. The van der Waals surface area contributed by atoms with Gasteiger partial charge in [0.2, 0.25) is 5.91 Å². The number of amides is 2. The van der Waals surface area contributed by atoms with Gasteiger partial charge in [0.1, 0.15) is 11.9 Å². The molecule has 0 saturated carbocycles. The van der Waals surface area contributed by atoms with Gasteiger partial charge in [-0.05, 0) is 19.1 Å². The molecule has 6 heteroatoms. The van der Waals surface area contributed by atoms with Crippen molar-refractivity contribution in [1.82, 2.24) is 15.2 Å². The molecule has 0 aliphatic carbocycles. The smallest absolute Gasteiger partial charge is 0.256 e. The van der Waals surface area contributed by atoms with Crippen LogP contribution in [0.5, 0.6) is 0 Å². The highest BCUT2D eigenvalue weighted by atomic mass is 16.2. The average Bonchev–Trinajstić information content (AvgIpc) is 2.41. The Morgan fingerprint density at radius 1 is 1.56 bits per heavy atom. The largest absolute Gasteiger partial charge is 0.373 e. The van der Waals surface area contributed by atoms with Gasteiger partial charge in [-0.1, -0.05) is 0 Å². The molecule has 0 radical (unpaired) electrons. The first kappa shape index (κ1) is 12.3. The third-order valence-electron chi connectivity index (χ3n) is 3.03. The number of hydrogen-bond donors (Lipinski definition) is 2. The van der Waals surface area contributed by atoms with Crippen LogP contribution < -0.4 is 10.6 Å². The summed E-state index contributed by atoms with van der Waals surface area (Å²) >= 11 is 0. The summed E-state index contributed by atoms with van der Waals surface area (Å²) in [7, 11) is 1.76. The SMILES string of the molecule is CNc1ccc(C(=O)N2CCNC(=O)C2C)cn1. The van der Waals surface area contributed by atoms with Crippen molar-refractivity contribution in [3.8, 4) is 0 Å². The van der Waals surface area contributed by atoms with Gasteiger partial charge in [0, 0.05) is 26.3 Å². The molecule has 2 rings (SSSR count). The first-order valence-corrected chi connectivity index (χ1v) is 5.86. The number of aromatic nitrogens is 1. The van der Waals surface area contributed by atoms with E-state index < -0.39 is 6.04 Å². The molecule has 0 spiro atoms. The third-order valence-corrected chi connectivity index (χ3v) is 3.03. The highest BCUT2D eigenvalue weighted by Gasteiger charge is 2.29. The average molecular weight is 248 g/mol. The summed E-state index contributed by atoms with van der Waals surface area (Å²) in [5, 5.41) is 5.62. The highest BCUT2D eigenvalue weighted by molar-refractivity contribution is 5.98. The van der Waals surface area contributed by atoms with Crippen LogP contribution in [0.15, 0.2) is 18.3 Å². The van der Waals surface area contributed by atoms with E-state index in [0.717, 1.165) is 0 Å². The molecule has 1 fully saturated rings. The summed E-state index contributed by atoms with van der Waals surface area (Å²) < 4.78 is 0. The molecule has 6 nitrogen and oxygen atoms in total. The van der Waals surface area contributed by atoms with E-state index in [4.69, 9.17) is 0 Å². The number of rotatable bonds is 2. The minimum Gasteiger partial charge on any atom is -0.373 e. The molecule has 1 unspecified atom stereocenters. The summed E-state index contributed by atoms with van der Waals surface area (Å²) in [6.07, 6.45) is 1.52. The Balaban J connectivity index is 2.16. The lowest BCUT2D eigenvalue weighted by atomic mass is 10.1. The summed E-state index contributed by atoms with van der Waals surface area (Å²) in [6.45, 7) is 2.75. The van der Waals surface area contributed by atoms with Crippen LogP contribution in [0.3, 0.4) is 0 Å². The molecular formula is C12H16N4O2. The maximum absolute atomic E-state index is 12.2. The second-order valence-corrected chi connectivity index (χ2v) is 4.15. The molecule has 1 aliphatic heterocycles. The number of hydrogen-bond acceptors (Lipinski definition) is 4. The van der Waals surface area contributed by atoms with Crippen molar-refractivity contribution in [3.63, 3.8) is 0 Å². The lowest BCUT2D eigenvalue weighted by molar-refractivity contribution is -0.127. The van der Waals surface area contributed by atoms with E-state index in [0.29, 0.717) is 24.5 Å². The van der Waals surface area contributed by atoms with E-state index in [9.17, 15) is 9.59 Å². The number of anilines is 1. The van der Waals surface area contributed by atoms with Crippen LogP contribution in [0.2, 0.25) is 0 Å². The fourth-order valence-corrected chi connectivity index (χ4v) is 1.89. The standard InChI is InChI=1S/C12H16N4O2/c1-8-11(17)14-5-6-16(8)12(18)9-3-4-10(13-2)15-7-9/h3-4,7-8H,5-6H2,1-2H3,(H,13,15)(H,14,17). The number of pyridine rings is 1. The van der Waals surface area contributed by atoms with Crippen LogP contribution in [-0.4, -0.2) is 47.9 Å². The monoisotopic (exact) mass is 248 g/mol. The molecule has 0 aromatic carbocycles. The van der Waals surface area contributed by atoms with Crippen molar-refractivity contribution in [2.75, 3.05) is 25.5 Å². The maximum atomic E-state index is 12.2. The van der Waals surface area contributed by atoms with Gasteiger partial charge in [-0.25, -0.2) is 4.98 Å². The molecule has 1 aliphatic rings. The maximum Gasteiger partial charge on any atom is 0.256 e. The van der Waals surface area contributed by atoms with Crippen molar-refractivity contribution in [2.45, 2.75) is 13.0 Å². The Morgan fingerprint density at radius 3 is 2.94 bits per heavy atom. The van der Waals surface area contributed by atoms with E-state index >= 15 is 0 Å². The van der Waals surface area contributed by atoms with Crippen molar-refractivity contribution in [3.05, 3.63) is 23.9 Å². The number of nitrogens with one attached hydrogen (secondary N) is 2. The fourth-order valence-electron chi connectivity index (χ4n) is 1.89. The van der Waals surface area contributed by atoms with Crippen molar-refractivity contribution in [1.29, 1.82) is 0 Å². The Kier molecular flexibility index (Phi) is 3.45. The normalized spacial score (nSPS) is 19.3. The van der Waals surface area contributed by atoms with E-state index in [-0.39, 0.29) is 11.8 Å². The van der Waals surface area contributed by atoms with Crippen molar-refractivity contribution in [2.24, 2.45) is 0 Å². The first-order chi connectivity index (χ1) is 8.63. The topological polar surface area (TPSA) is 74.3 Å². The molecule has 2 N–H and O–H groups in total. The zero-order chi connectivity index (χ0) is 13.1. The third kappa shape index (κ3) is 2.27. The minimum absolute atomic E-state index is 0.116. The Bertz CT molecular complexity index is 458. The lowest BCUT2D eigenvalue weighted by Crippen LogP contribution is -2.55. The predicted octanol–water partition coefficient (Wildman–Crippen LogP) is 0.0838. The summed E-state index contributed by atoms with van der Waals surface area (Å²) in [6, 6.07) is 3.01. The Hall–Kier alpha value is -2.11. The van der Waals surface area contributed by atoms with Gasteiger partial charge in [-0.2, -0.15) is 0 Å². The van der Waals surface area contributed by atoms with Crippen LogP contribution in [0.1, 0.15) is 17.3 Å². The Labute approximate surface area is 105 Å². The number of nitrogens with zero attached hydrogens (tertiary/aromatic N) is 2. The summed E-state index contributed by atoms with van der Waals surface area (Å²) in [5.41, 5.74) is 0.496. The summed E-state index contributed by atoms with van der Waals surface area (Å²) in [5.74, 6) is 0.429. The predicted molar refractivity (Wildman–Crippen MR) is 67.3 cm³/mol. The van der Waals surface area contributed by atoms with Gasteiger partial charge >= 0.3 is 0 Å². The van der Waals surface area contributed by atoms with Gasteiger partial charge < -0.3 is 15.5 Å². The molecule has 0 bridgehead atoms. The molecule has 96 valence electrons. The quantitative estimate of drug-likeness (QED) is 0.777. The van der Waals surface area contributed by atoms with Crippen molar-refractivity contribution >= 4 is 17.6 Å². The molecule has 18 heavy (non-hydrogen) atoms. The number of carbonyl (C=O) groups is 2. The molecule has 1 saturated heterocycles. The second-order valence-electron chi connectivity index (χ2n) is 4.15. The van der Waals surface area contributed by atoms with Crippen molar-refractivity contribution < 1.29 is 9.59 Å². The zero-order valence-corrected chi connectivity index (χ0v) is 10.4. The molecular weight excluding hydrogens is 232 g/mol. The second kappa shape index (κ2) is 5.03. The molecule has 1 atom stereocenters. The zero-order valence-electron chi connectivity index (χ0n) is 10.4. The van der Waals surface area contributed by atoms with Gasteiger partial charge in [0.05, 0.1) is 5.56 Å². The molecule has 2 heterocycles. The van der Waals surface area contributed by atoms with Gasteiger partial charge in [-0.15, -0.1) is 0 Å². The van der Waals surface area contributed by atoms with E-state index in [1.807, 2.05) is 0 Å². The van der Waals surface area contributed by atoms with Crippen LogP contribution in [0.25, 0.3) is 0 Å². The highest BCUT2D eigenvalue weighted by Crippen LogP contribution is 2.11. The minimum atomic E-state index is -0.435. The fraction of sp³-hybridized carbons (Fsp3) is 0.417. The van der Waals surface area contributed by atoms with Gasteiger partial charge in [0.15, 0.2) is 0 Å². The van der Waals surface area contributed by atoms with Gasteiger partial charge in [-0.3, -0.25) is 9.59 Å².